The molecule has 2 aromatic carbocycles. The molecule has 0 radical (unpaired) electrons. The molecule has 0 amide bonds. The fraction of sp³-hybridized carbons (Fsp3) is 0.263. The van der Waals surface area contributed by atoms with Crippen LogP contribution in [0.3, 0.4) is 0 Å². The number of nitrogens with zero attached hydrogens (tertiary/aromatic N) is 2. The highest BCUT2D eigenvalue weighted by Crippen LogP contribution is 2.39. The van der Waals surface area contributed by atoms with E-state index in [-0.39, 0.29) is 18.2 Å². The Morgan fingerprint density at radius 3 is 2.45 bits per heavy atom. The molecule has 31 heavy (non-hydrogen) atoms. The summed E-state index contributed by atoms with van der Waals surface area (Å²) >= 11 is 13.5. The van der Waals surface area contributed by atoms with Gasteiger partial charge in [-0.2, -0.15) is 0 Å². The summed E-state index contributed by atoms with van der Waals surface area (Å²) < 4.78 is 46.7. The minimum absolute atomic E-state index is 0.130. The lowest BCUT2D eigenvalue weighted by Crippen LogP contribution is -2.31. The second kappa shape index (κ2) is 9.58. The van der Waals surface area contributed by atoms with E-state index in [4.69, 9.17) is 38.8 Å². The molecule has 1 atom stereocenters. The summed E-state index contributed by atoms with van der Waals surface area (Å²) in [5, 5.41) is 18.3. The SMILES string of the molecule is Cc1cc(-c2nnc(-c3ccc(OC(F)(F)F)c(Cl)c3)s2)c(Cl)cc1OC[C@H](N)CO. The fourth-order valence-electron chi connectivity index (χ4n) is 2.52. The molecule has 0 aliphatic carbocycles. The van der Waals surface area contributed by atoms with Crippen molar-refractivity contribution in [3.63, 3.8) is 0 Å². The third kappa shape index (κ3) is 5.98. The highest BCUT2D eigenvalue weighted by atomic mass is 35.5. The van der Waals surface area contributed by atoms with E-state index in [9.17, 15) is 13.2 Å². The van der Waals surface area contributed by atoms with Crippen LogP contribution in [0.4, 0.5) is 13.2 Å². The first-order chi connectivity index (χ1) is 14.6. The summed E-state index contributed by atoms with van der Waals surface area (Å²) in [7, 11) is 0. The zero-order valence-electron chi connectivity index (χ0n) is 15.9. The first kappa shape index (κ1) is 23.6. The Hall–Kier alpha value is -2.11. The van der Waals surface area contributed by atoms with E-state index in [1.54, 1.807) is 12.1 Å². The van der Waals surface area contributed by atoms with Crippen molar-refractivity contribution in [3.05, 3.63) is 45.9 Å². The quantitative estimate of drug-likeness (QED) is 0.476. The molecule has 1 heterocycles. The van der Waals surface area contributed by atoms with Gasteiger partial charge in [0, 0.05) is 11.1 Å². The molecule has 12 heteroatoms. The molecule has 3 N–H and O–H groups in total. The van der Waals surface area contributed by atoms with Crippen molar-refractivity contribution in [1.82, 2.24) is 10.2 Å². The summed E-state index contributed by atoms with van der Waals surface area (Å²) in [6.45, 7) is 1.75. The second-order valence-corrected chi connectivity index (χ2v) is 8.25. The van der Waals surface area contributed by atoms with Crippen molar-refractivity contribution >= 4 is 34.5 Å². The lowest BCUT2D eigenvalue weighted by molar-refractivity contribution is -0.274. The molecule has 0 aliphatic rings. The molecule has 0 aliphatic heterocycles. The minimum atomic E-state index is -4.84. The molecule has 1 aromatic heterocycles. The van der Waals surface area contributed by atoms with Crippen molar-refractivity contribution < 1.29 is 27.8 Å². The number of halogens is 5. The molecule has 6 nitrogen and oxygen atoms in total. The van der Waals surface area contributed by atoms with Gasteiger partial charge in [-0.05, 0) is 42.8 Å². The maximum absolute atomic E-state index is 12.4. The zero-order valence-corrected chi connectivity index (χ0v) is 18.2. The predicted molar refractivity (Wildman–Crippen MR) is 113 cm³/mol. The molecular formula is C19H16Cl2F3N3O3S. The molecule has 3 rings (SSSR count). The smallest absolute Gasteiger partial charge is 0.492 e. The molecule has 0 unspecified atom stereocenters. The topological polar surface area (TPSA) is 90.5 Å². The molecule has 166 valence electrons. The normalized spacial score (nSPS) is 12.6. The van der Waals surface area contributed by atoms with Crippen molar-refractivity contribution in [3.8, 4) is 32.6 Å². The van der Waals surface area contributed by atoms with E-state index >= 15 is 0 Å². The number of benzene rings is 2. The van der Waals surface area contributed by atoms with Gasteiger partial charge < -0.3 is 20.3 Å². The van der Waals surface area contributed by atoms with E-state index < -0.39 is 18.2 Å². The Bertz CT molecular complexity index is 1080. The van der Waals surface area contributed by atoms with Crippen LogP contribution in [0.1, 0.15) is 5.56 Å². The van der Waals surface area contributed by atoms with E-state index in [0.717, 1.165) is 11.6 Å². The van der Waals surface area contributed by atoms with Gasteiger partial charge in [0.25, 0.3) is 0 Å². The van der Waals surface area contributed by atoms with Crippen LogP contribution in [0.25, 0.3) is 21.1 Å². The summed E-state index contributed by atoms with van der Waals surface area (Å²) in [5.74, 6) is 0.0206. The van der Waals surface area contributed by atoms with Crippen LogP contribution in [0, 0.1) is 6.92 Å². The van der Waals surface area contributed by atoms with Crippen LogP contribution in [-0.4, -0.2) is 40.9 Å². The van der Waals surface area contributed by atoms with Gasteiger partial charge in [0.05, 0.1) is 22.7 Å². The number of hydrogen-bond donors (Lipinski definition) is 2. The third-order valence-corrected chi connectivity index (χ3v) is 5.63. The highest BCUT2D eigenvalue weighted by molar-refractivity contribution is 7.18. The van der Waals surface area contributed by atoms with Crippen LogP contribution in [-0.2, 0) is 0 Å². The summed E-state index contributed by atoms with van der Waals surface area (Å²) in [5.41, 5.74) is 7.51. The third-order valence-electron chi connectivity index (χ3n) is 4.01. The number of aliphatic hydroxyl groups excluding tert-OH is 1. The molecule has 0 bridgehead atoms. The molecule has 3 aromatic rings. The van der Waals surface area contributed by atoms with Crippen molar-refractivity contribution in [1.29, 1.82) is 0 Å². The Kier molecular flexibility index (Phi) is 7.28. The number of hydrogen-bond acceptors (Lipinski definition) is 7. The predicted octanol–water partition coefficient (Wildman–Crippen LogP) is 5.08. The van der Waals surface area contributed by atoms with Gasteiger partial charge in [-0.3, -0.25) is 0 Å². The van der Waals surface area contributed by atoms with Gasteiger partial charge in [0.1, 0.15) is 28.1 Å². The van der Waals surface area contributed by atoms with Crippen LogP contribution in [0.2, 0.25) is 10.0 Å². The number of ether oxygens (including phenoxy) is 2. The first-order valence-electron chi connectivity index (χ1n) is 8.76. The summed E-state index contributed by atoms with van der Waals surface area (Å²) in [6.07, 6.45) is -4.84. The van der Waals surface area contributed by atoms with E-state index in [2.05, 4.69) is 14.9 Å². The highest BCUT2D eigenvalue weighted by Gasteiger charge is 2.32. The first-order valence-corrected chi connectivity index (χ1v) is 10.3. The molecule has 0 fully saturated rings. The summed E-state index contributed by atoms with van der Waals surface area (Å²) in [6, 6.07) is 6.74. The van der Waals surface area contributed by atoms with E-state index in [0.29, 0.717) is 31.9 Å². The Morgan fingerprint density at radius 2 is 1.81 bits per heavy atom. The minimum Gasteiger partial charge on any atom is -0.492 e. The van der Waals surface area contributed by atoms with Crippen LogP contribution in [0.5, 0.6) is 11.5 Å². The molecule has 0 saturated heterocycles. The lowest BCUT2D eigenvalue weighted by atomic mass is 10.1. The average molecular weight is 494 g/mol. The second-order valence-electron chi connectivity index (χ2n) is 6.46. The number of nitrogens with two attached hydrogens (primary N) is 1. The van der Waals surface area contributed by atoms with E-state index in [1.165, 1.54) is 23.5 Å². The number of aromatic nitrogens is 2. The Morgan fingerprint density at radius 1 is 1.10 bits per heavy atom. The van der Waals surface area contributed by atoms with Crippen LogP contribution >= 0.6 is 34.5 Å². The van der Waals surface area contributed by atoms with Gasteiger partial charge in [-0.15, -0.1) is 23.4 Å². The van der Waals surface area contributed by atoms with Gasteiger partial charge >= 0.3 is 6.36 Å². The Labute approximate surface area is 189 Å². The van der Waals surface area contributed by atoms with Gasteiger partial charge in [-0.25, -0.2) is 0 Å². The lowest BCUT2D eigenvalue weighted by Gasteiger charge is -2.14. The molecule has 0 saturated carbocycles. The van der Waals surface area contributed by atoms with Gasteiger partial charge in [0.15, 0.2) is 0 Å². The van der Waals surface area contributed by atoms with E-state index in [1.807, 2.05) is 6.92 Å². The van der Waals surface area contributed by atoms with Crippen LogP contribution in [0.15, 0.2) is 30.3 Å². The fourth-order valence-corrected chi connectivity index (χ4v) is 3.91. The summed E-state index contributed by atoms with van der Waals surface area (Å²) in [4.78, 5) is 0. The standard InChI is InChI=1S/C19H16Cl2F3N3O3S/c1-9-4-12(13(20)6-16(9)29-8-11(25)7-28)18-27-26-17(31-18)10-2-3-15(14(21)5-10)30-19(22,23)24/h2-6,11,28H,7-8,25H2,1H3/t11-/m1/s1. The zero-order chi connectivity index (χ0) is 22.8. The number of aryl methyl sites for hydroxylation is 1. The maximum Gasteiger partial charge on any atom is 0.573 e. The molecular weight excluding hydrogens is 478 g/mol. The van der Waals surface area contributed by atoms with Crippen molar-refractivity contribution in [2.45, 2.75) is 19.3 Å². The van der Waals surface area contributed by atoms with Gasteiger partial charge in [0.2, 0.25) is 0 Å². The molecule has 0 spiro atoms. The van der Waals surface area contributed by atoms with Crippen molar-refractivity contribution in [2.75, 3.05) is 13.2 Å². The largest absolute Gasteiger partial charge is 0.573 e. The Balaban J connectivity index is 1.84. The van der Waals surface area contributed by atoms with Gasteiger partial charge in [-0.1, -0.05) is 34.5 Å². The number of alkyl halides is 3. The maximum atomic E-state index is 12.4. The van der Waals surface area contributed by atoms with Crippen LogP contribution < -0.4 is 15.2 Å². The average Bonchev–Trinajstić information content (AvgIpc) is 3.18. The number of aliphatic hydroxyl groups is 1. The monoisotopic (exact) mass is 493 g/mol. The number of rotatable bonds is 7. The van der Waals surface area contributed by atoms with Crippen molar-refractivity contribution in [2.24, 2.45) is 5.73 Å².